The minimum absolute atomic E-state index is 0.141. The molecule has 110 valence electrons. The molecule has 0 amide bonds. The van der Waals surface area contributed by atoms with Crippen LogP contribution in [0.5, 0.6) is 0 Å². The Morgan fingerprint density at radius 1 is 1.23 bits per heavy atom. The monoisotopic (exact) mass is 295 g/mol. The lowest BCUT2D eigenvalue weighted by molar-refractivity contribution is 0.0697. The Balaban J connectivity index is 1.98. The number of nitrogens with zero attached hydrogens (tertiary/aromatic N) is 3. The van der Waals surface area contributed by atoms with Crippen LogP contribution in [0.1, 0.15) is 21.6 Å². The van der Waals surface area contributed by atoms with Crippen molar-refractivity contribution < 1.29 is 9.90 Å². The maximum absolute atomic E-state index is 12.5. The minimum atomic E-state index is -0.973. The number of hydrogen-bond acceptors (Lipinski definition) is 4. The van der Waals surface area contributed by atoms with Gasteiger partial charge in [0.1, 0.15) is 0 Å². The van der Waals surface area contributed by atoms with Crippen molar-refractivity contribution in [2.45, 2.75) is 13.5 Å². The first-order valence-corrected chi connectivity index (χ1v) is 6.68. The van der Waals surface area contributed by atoms with E-state index in [2.05, 4.69) is 9.97 Å². The number of aryl methyl sites for hydroxylation is 1. The third-order valence-electron chi connectivity index (χ3n) is 3.40. The second-order valence-electron chi connectivity index (χ2n) is 5.02. The zero-order chi connectivity index (χ0) is 15.7. The highest BCUT2D eigenvalue weighted by Gasteiger charge is 2.07. The minimum Gasteiger partial charge on any atom is -0.478 e. The molecule has 0 aliphatic carbocycles. The fourth-order valence-electron chi connectivity index (χ4n) is 2.23. The van der Waals surface area contributed by atoms with Crippen LogP contribution in [0.25, 0.3) is 10.9 Å². The van der Waals surface area contributed by atoms with Crippen LogP contribution in [0.4, 0.5) is 0 Å². The number of pyridine rings is 1. The summed E-state index contributed by atoms with van der Waals surface area (Å²) in [5, 5.41) is 9.41. The standard InChI is InChI=1S/C16H13N3O3/c1-10-6-13-14(7-17-10)18-9-19(15(13)20)8-11-2-4-12(5-3-11)16(21)22/h2-7,9H,8H2,1H3,(H,21,22). The van der Waals surface area contributed by atoms with Crippen LogP contribution in [0.2, 0.25) is 0 Å². The zero-order valence-electron chi connectivity index (χ0n) is 11.9. The Kier molecular flexibility index (Phi) is 3.42. The average molecular weight is 295 g/mol. The van der Waals surface area contributed by atoms with Crippen molar-refractivity contribution >= 4 is 16.9 Å². The van der Waals surface area contributed by atoms with E-state index >= 15 is 0 Å². The van der Waals surface area contributed by atoms with Gasteiger partial charge in [0.15, 0.2) is 0 Å². The quantitative estimate of drug-likeness (QED) is 0.797. The summed E-state index contributed by atoms with van der Waals surface area (Å²) < 4.78 is 1.50. The lowest BCUT2D eigenvalue weighted by Crippen LogP contribution is -2.21. The summed E-state index contributed by atoms with van der Waals surface area (Å²) in [4.78, 5) is 31.6. The van der Waals surface area contributed by atoms with Crippen molar-refractivity contribution in [1.29, 1.82) is 0 Å². The molecule has 0 bridgehead atoms. The van der Waals surface area contributed by atoms with Gasteiger partial charge in [0.05, 0.1) is 35.5 Å². The molecule has 1 N–H and O–H groups in total. The molecule has 0 fully saturated rings. The van der Waals surface area contributed by atoms with E-state index in [1.165, 1.54) is 23.0 Å². The van der Waals surface area contributed by atoms with Gasteiger partial charge in [-0.1, -0.05) is 12.1 Å². The van der Waals surface area contributed by atoms with Crippen molar-refractivity contribution in [3.8, 4) is 0 Å². The number of aromatic carboxylic acids is 1. The van der Waals surface area contributed by atoms with Gasteiger partial charge in [-0.15, -0.1) is 0 Å². The van der Waals surface area contributed by atoms with E-state index in [0.29, 0.717) is 17.4 Å². The fraction of sp³-hybridized carbons (Fsp3) is 0.125. The van der Waals surface area contributed by atoms with Gasteiger partial charge >= 0.3 is 5.97 Å². The summed E-state index contributed by atoms with van der Waals surface area (Å²) in [6.45, 7) is 2.16. The van der Waals surface area contributed by atoms with Gasteiger partial charge < -0.3 is 5.11 Å². The fourth-order valence-corrected chi connectivity index (χ4v) is 2.23. The molecule has 0 aliphatic rings. The summed E-state index contributed by atoms with van der Waals surface area (Å²) in [5.41, 5.74) is 2.23. The molecule has 6 nitrogen and oxygen atoms in total. The van der Waals surface area contributed by atoms with Gasteiger partial charge in [0.25, 0.3) is 5.56 Å². The molecule has 0 aliphatic heterocycles. The van der Waals surface area contributed by atoms with Crippen molar-refractivity contribution in [3.05, 3.63) is 70.0 Å². The maximum Gasteiger partial charge on any atom is 0.335 e. The molecule has 22 heavy (non-hydrogen) atoms. The summed E-state index contributed by atoms with van der Waals surface area (Å²) >= 11 is 0. The molecule has 1 aromatic carbocycles. The third kappa shape index (κ3) is 2.58. The van der Waals surface area contributed by atoms with Crippen molar-refractivity contribution in [3.63, 3.8) is 0 Å². The lowest BCUT2D eigenvalue weighted by atomic mass is 10.1. The molecule has 0 radical (unpaired) electrons. The second-order valence-corrected chi connectivity index (χ2v) is 5.02. The van der Waals surface area contributed by atoms with Gasteiger partial charge in [-0.3, -0.25) is 14.3 Å². The maximum atomic E-state index is 12.5. The third-order valence-corrected chi connectivity index (χ3v) is 3.40. The van der Waals surface area contributed by atoms with Gasteiger partial charge in [-0.05, 0) is 30.7 Å². The van der Waals surface area contributed by atoms with Crippen LogP contribution in [-0.4, -0.2) is 25.6 Å². The highest BCUT2D eigenvalue weighted by molar-refractivity contribution is 5.87. The smallest absolute Gasteiger partial charge is 0.335 e. The number of fused-ring (bicyclic) bond motifs is 1. The molecule has 2 aromatic heterocycles. The Labute approximate surface area is 125 Å². The van der Waals surface area contributed by atoms with E-state index in [9.17, 15) is 9.59 Å². The number of benzene rings is 1. The zero-order valence-corrected chi connectivity index (χ0v) is 11.9. The number of rotatable bonds is 3. The van der Waals surface area contributed by atoms with E-state index in [-0.39, 0.29) is 11.1 Å². The molecular formula is C16H13N3O3. The first-order valence-electron chi connectivity index (χ1n) is 6.68. The molecule has 3 aromatic rings. The van der Waals surface area contributed by atoms with Crippen LogP contribution in [-0.2, 0) is 6.54 Å². The van der Waals surface area contributed by atoms with Gasteiger partial charge in [0.2, 0.25) is 0 Å². The molecule has 6 heteroatoms. The molecule has 0 unspecified atom stereocenters. The van der Waals surface area contributed by atoms with Crippen LogP contribution in [0.15, 0.2) is 47.7 Å². The molecule has 0 atom stereocenters. The number of carboxylic acid groups (broad SMARTS) is 1. The normalized spacial score (nSPS) is 10.8. The molecule has 2 heterocycles. The Morgan fingerprint density at radius 3 is 2.64 bits per heavy atom. The molecule has 0 saturated carbocycles. The van der Waals surface area contributed by atoms with Crippen LogP contribution >= 0.6 is 0 Å². The SMILES string of the molecule is Cc1cc2c(=O)n(Cc3ccc(C(=O)O)cc3)cnc2cn1. The number of carboxylic acids is 1. The highest BCUT2D eigenvalue weighted by atomic mass is 16.4. The average Bonchev–Trinajstić information content (AvgIpc) is 2.51. The van der Waals surface area contributed by atoms with Crippen LogP contribution in [0.3, 0.4) is 0 Å². The highest BCUT2D eigenvalue weighted by Crippen LogP contribution is 2.09. The van der Waals surface area contributed by atoms with E-state index in [1.807, 2.05) is 6.92 Å². The van der Waals surface area contributed by atoms with E-state index in [4.69, 9.17) is 5.11 Å². The topological polar surface area (TPSA) is 85.1 Å². The van der Waals surface area contributed by atoms with Crippen molar-refractivity contribution in [1.82, 2.24) is 14.5 Å². The van der Waals surface area contributed by atoms with E-state index in [1.54, 1.807) is 24.4 Å². The molecule has 0 saturated heterocycles. The molecule has 0 spiro atoms. The van der Waals surface area contributed by atoms with Gasteiger partial charge in [0, 0.05) is 5.69 Å². The molecular weight excluding hydrogens is 282 g/mol. The Morgan fingerprint density at radius 2 is 1.95 bits per heavy atom. The summed E-state index contributed by atoms with van der Waals surface area (Å²) in [7, 11) is 0. The molecule has 3 rings (SSSR count). The summed E-state index contributed by atoms with van der Waals surface area (Å²) in [6, 6.07) is 8.14. The van der Waals surface area contributed by atoms with Crippen LogP contribution in [0, 0.1) is 6.92 Å². The van der Waals surface area contributed by atoms with Gasteiger partial charge in [-0.2, -0.15) is 0 Å². The second kappa shape index (κ2) is 5.40. The van der Waals surface area contributed by atoms with E-state index < -0.39 is 5.97 Å². The van der Waals surface area contributed by atoms with E-state index in [0.717, 1.165) is 11.3 Å². The Hall–Kier alpha value is -3.02. The van der Waals surface area contributed by atoms with Gasteiger partial charge in [-0.25, -0.2) is 9.78 Å². The summed E-state index contributed by atoms with van der Waals surface area (Å²) in [5.74, 6) is -0.973. The number of carbonyl (C=O) groups is 1. The van der Waals surface area contributed by atoms with Crippen molar-refractivity contribution in [2.24, 2.45) is 0 Å². The first kappa shape index (κ1) is 13.9. The Bertz CT molecular complexity index is 914. The predicted molar refractivity (Wildman–Crippen MR) is 81.0 cm³/mol. The largest absolute Gasteiger partial charge is 0.478 e. The predicted octanol–water partition coefficient (Wildman–Crippen LogP) is 1.85. The number of aromatic nitrogens is 3. The van der Waals surface area contributed by atoms with Crippen molar-refractivity contribution in [2.75, 3.05) is 0 Å². The number of hydrogen-bond donors (Lipinski definition) is 1. The lowest BCUT2D eigenvalue weighted by Gasteiger charge is -2.07. The first-order chi connectivity index (χ1) is 10.5. The van der Waals surface area contributed by atoms with Crippen LogP contribution < -0.4 is 5.56 Å². The summed E-state index contributed by atoms with van der Waals surface area (Å²) in [6.07, 6.45) is 3.06.